The molecule has 9 heteroatoms. The highest BCUT2D eigenvalue weighted by molar-refractivity contribution is 5.65. The van der Waals surface area contributed by atoms with Gasteiger partial charge in [0.05, 0.1) is 12.2 Å². The van der Waals surface area contributed by atoms with Gasteiger partial charge in [0, 0.05) is 30.3 Å². The van der Waals surface area contributed by atoms with Crippen LogP contribution in [0.5, 0.6) is 5.75 Å². The van der Waals surface area contributed by atoms with Gasteiger partial charge in [-0.15, -0.1) is 10.2 Å². The van der Waals surface area contributed by atoms with Gasteiger partial charge in [-0.1, -0.05) is 84.0 Å². The molecule has 3 heterocycles. The smallest absolute Gasteiger partial charge is 0.407 e. The Bertz CT molecular complexity index is 1520. The molecule has 5 rings (SSSR count). The number of carboxylic acid groups (broad SMARTS) is 1. The SMILES string of the molecule is CC(C)(C)C(c1ccc(OCc2ccccn2)cc1)c1ccc(-c2nnn(CC3CCN(C(=O)O)C(C(C)(C)C)C3)n2)cc1. The van der Waals surface area contributed by atoms with Gasteiger partial charge in [-0.2, -0.15) is 4.80 Å². The van der Waals surface area contributed by atoms with Crippen molar-refractivity contribution in [3.63, 3.8) is 0 Å². The molecule has 1 N–H and O–H groups in total. The molecule has 3 unspecified atom stereocenters. The van der Waals surface area contributed by atoms with E-state index in [1.54, 1.807) is 15.9 Å². The molecule has 1 amide bonds. The Hall–Kier alpha value is -4.27. The summed E-state index contributed by atoms with van der Waals surface area (Å²) in [6.07, 6.45) is 2.50. The molecule has 4 aromatic rings. The molecule has 2 aromatic heterocycles. The van der Waals surface area contributed by atoms with E-state index in [1.165, 1.54) is 11.1 Å². The minimum atomic E-state index is -0.843. The van der Waals surface area contributed by atoms with Crippen molar-refractivity contribution in [1.82, 2.24) is 30.1 Å². The van der Waals surface area contributed by atoms with E-state index in [4.69, 9.17) is 9.84 Å². The molecule has 0 aliphatic carbocycles. The van der Waals surface area contributed by atoms with Gasteiger partial charge in [0.15, 0.2) is 0 Å². The fourth-order valence-electron chi connectivity index (χ4n) is 6.34. The summed E-state index contributed by atoms with van der Waals surface area (Å²) >= 11 is 0. The van der Waals surface area contributed by atoms with Gasteiger partial charge in [0.25, 0.3) is 0 Å². The zero-order chi connectivity index (χ0) is 31.5. The van der Waals surface area contributed by atoms with Crippen LogP contribution in [-0.4, -0.2) is 53.9 Å². The average molecular weight is 597 g/mol. The lowest BCUT2D eigenvalue weighted by Gasteiger charge is -2.44. The number of hydrogen-bond acceptors (Lipinski definition) is 6. The standard InChI is InChI=1S/C35H44N6O3/c1-34(2,3)30-21-24(18-20-40(30)33(42)43)22-41-38-32(37-39-41)27-12-10-25(11-13-27)31(35(4,5)6)26-14-16-29(17-15-26)44-23-28-9-7-8-19-36-28/h7-17,19,24,30-31H,18,20-23H2,1-6H3,(H,42,43). The molecule has 1 aliphatic heterocycles. The van der Waals surface area contributed by atoms with Crippen LogP contribution >= 0.6 is 0 Å². The fourth-order valence-corrected chi connectivity index (χ4v) is 6.34. The number of pyridine rings is 1. The van der Waals surface area contributed by atoms with Crippen molar-refractivity contribution in [3.05, 3.63) is 89.7 Å². The number of amides is 1. The predicted molar refractivity (Wildman–Crippen MR) is 170 cm³/mol. The molecule has 44 heavy (non-hydrogen) atoms. The summed E-state index contributed by atoms with van der Waals surface area (Å²) < 4.78 is 5.96. The molecule has 0 radical (unpaired) electrons. The van der Waals surface area contributed by atoms with E-state index in [0.717, 1.165) is 29.8 Å². The second-order valence-corrected chi connectivity index (χ2v) is 14.0. The fraction of sp³-hybridized carbons (Fsp3) is 0.457. The largest absolute Gasteiger partial charge is 0.487 e. The van der Waals surface area contributed by atoms with Gasteiger partial charge in [-0.3, -0.25) is 4.98 Å². The Morgan fingerprint density at radius 2 is 1.66 bits per heavy atom. The van der Waals surface area contributed by atoms with Crippen LogP contribution in [0.4, 0.5) is 4.79 Å². The van der Waals surface area contributed by atoms with Crippen molar-refractivity contribution in [2.24, 2.45) is 16.7 Å². The Morgan fingerprint density at radius 1 is 0.977 bits per heavy atom. The first-order valence-electron chi connectivity index (χ1n) is 15.4. The maximum Gasteiger partial charge on any atom is 0.407 e. The lowest BCUT2D eigenvalue weighted by Crippen LogP contribution is -2.52. The van der Waals surface area contributed by atoms with Crippen molar-refractivity contribution in [2.75, 3.05) is 6.54 Å². The number of rotatable bonds is 8. The topological polar surface area (TPSA) is 106 Å². The highest BCUT2D eigenvalue weighted by Gasteiger charge is 2.39. The van der Waals surface area contributed by atoms with E-state index >= 15 is 0 Å². The summed E-state index contributed by atoms with van der Waals surface area (Å²) in [5.74, 6) is 1.88. The van der Waals surface area contributed by atoms with Crippen molar-refractivity contribution in [3.8, 4) is 17.1 Å². The summed E-state index contributed by atoms with van der Waals surface area (Å²) in [6.45, 7) is 14.7. The van der Waals surface area contributed by atoms with Gasteiger partial charge in [0.2, 0.25) is 5.82 Å². The molecule has 9 nitrogen and oxygen atoms in total. The van der Waals surface area contributed by atoms with Gasteiger partial charge in [-0.05, 0) is 70.2 Å². The Morgan fingerprint density at radius 3 is 2.25 bits per heavy atom. The number of hydrogen-bond donors (Lipinski definition) is 1. The first-order chi connectivity index (χ1) is 20.9. The summed E-state index contributed by atoms with van der Waals surface area (Å²) in [4.78, 5) is 19.4. The molecule has 0 spiro atoms. The molecular formula is C35H44N6O3. The van der Waals surface area contributed by atoms with Crippen LogP contribution in [0, 0.1) is 16.7 Å². The first kappa shape index (κ1) is 31.2. The lowest BCUT2D eigenvalue weighted by atomic mass is 9.72. The highest BCUT2D eigenvalue weighted by atomic mass is 16.5. The van der Waals surface area contributed by atoms with Gasteiger partial charge in [0.1, 0.15) is 12.4 Å². The minimum Gasteiger partial charge on any atom is -0.487 e. The average Bonchev–Trinajstić information content (AvgIpc) is 3.45. The third-order valence-electron chi connectivity index (χ3n) is 8.53. The van der Waals surface area contributed by atoms with E-state index in [-0.39, 0.29) is 22.8 Å². The third kappa shape index (κ3) is 7.44. The van der Waals surface area contributed by atoms with E-state index in [9.17, 15) is 9.90 Å². The van der Waals surface area contributed by atoms with Crippen LogP contribution < -0.4 is 4.74 Å². The van der Waals surface area contributed by atoms with Crippen molar-refractivity contribution in [1.29, 1.82) is 0 Å². The Labute approximate surface area is 260 Å². The van der Waals surface area contributed by atoms with E-state index in [2.05, 4.69) is 93.2 Å². The summed E-state index contributed by atoms with van der Waals surface area (Å²) in [5.41, 5.74) is 4.10. The maximum absolute atomic E-state index is 11.8. The third-order valence-corrected chi connectivity index (χ3v) is 8.53. The van der Waals surface area contributed by atoms with E-state index < -0.39 is 6.09 Å². The van der Waals surface area contributed by atoms with Crippen LogP contribution in [0.3, 0.4) is 0 Å². The lowest BCUT2D eigenvalue weighted by molar-refractivity contribution is 0.0357. The molecule has 2 aromatic carbocycles. The van der Waals surface area contributed by atoms with E-state index in [1.807, 2.05) is 30.3 Å². The number of ether oxygens (including phenoxy) is 1. The minimum absolute atomic E-state index is 0.0135. The zero-order valence-electron chi connectivity index (χ0n) is 26.6. The quantitative estimate of drug-likeness (QED) is 0.228. The van der Waals surface area contributed by atoms with Gasteiger partial charge >= 0.3 is 6.09 Å². The van der Waals surface area contributed by atoms with Crippen molar-refractivity contribution in [2.45, 2.75) is 79.5 Å². The number of tetrazole rings is 1. The number of piperidine rings is 1. The van der Waals surface area contributed by atoms with Crippen molar-refractivity contribution >= 4 is 6.09 Å². The van der Waals surface area contributed by atoms with E-state index in [0.29, 0.717) is 31.4 Å². The molecule has 1 fully saturated rings. The number of likely N-dealkylation sites (tertiary alicyclic amines) is 1. The van der Waals surface area contributed by atoms with Crippen LogP contribution in [-0.2, 0) is 13.2 Å². The Balaban J connectivity index is 1.26. The summed E-state index contributed by atoms with van der Waals surface area (Å²) in [5, 5.41) is 23.1. The second kappa shape index (κ2) is 12.8. The number of carbonyl (C=O) groups is 1. The summed E-state index contributed by atoms with van der Waals surface area (Å²) in [7, 11) is 0. The van der Waals surface area contributed by atoms with Gasteiger partial charge in [-0.25, -0.2) is 4.79 Å². The molecule has 1 aliphatic rings. The molecular weight excluding hydrogens is 552 g/mol. The summed E-state index contributed by atoms with van der Waals surface area (Å²) in [6, 6.07) is 22.6. The monoisotopic (exact) mass is 596 g/mol. The van der Waals surface area contributed by atoms with Crippen LogP contribution in [0.15, 0.2) is 72.9 Å². The predicted octanol–water partition coefficient (Wildman–Crippen LogP) is 7.30. The number of aromatic nitrogens is 5. The normalized spacial score (nSPS) is 18.2. The first-order valence-corrected chi connectivity index (χ1v) is 15.4. The van der Waals surface area contributed by atoms with Crippen molar-refractivity contribution < 1.29 is 14.6 Å². The zero-order valence-corrected chi connectivity index (χ0v) is 26.6. The number of nitrogens with zero attached hydrogens (tertiary/aromatic N) is 6. The molecule has 0 saturated carbocycles. The van der Waals surface area contributed by atoms with Crippen LogP contribution in [0.2, 0.25) is 0 Å². The van der Waals surface area contributed by atoms with Crippen LogP contribution in [0.25, 0.3) is 11.4 Å². The molecule has 232 valence electrons. The highest BCUT2D eigenvalue weighted by Crippen LogP contribution is 2.41. The molecule has 1 saturated heterocycles. The number of benzene rings is 2. The van der Waals surface area contributed by atoms with Crippen LogP contribution in [0.1, 0.15) is 77.1 Å². The molecule has 0 bridgehead atoms. The van der Waals surface area contributed by atoms with Gasteiger partial charge < -0.3 is 14.7 Å². The Kier molecular flexibility index (Phi) is 9.04. The molecule has 3 atom stereocenters. The second-order valence-electron chi connectivity index (χ2n) is 14.0. The maximum atomic E-state index is 11.8.